The minimum atomic E-state index is -3.39. The summed E-state index contributed by atoms with van der Waals surface area (Å²) in [4.78, 5) is 10.1. The van der Waals surface area contributed by atoms with Crippen molar-refractivity contribution in [2.75, 3.05) is 0 Å². The zero-order valence-electron chi connectivity index (χ0n) is 44.7. The van der Waals surface area contributed by atoms with E-state index < -0.39 is 32.8 Å². The molecule has 7 aromatic carbocycles. The molecule has 0 bridgehead atoms. The molecule has 2 heterocycles. The molecule has 0 amide bonds. The van der Waals surface area contributed by atoms with E-state index in [2.05, 4.69) is 6.07 Å². The smallest absolute Gasteiger partial charge is 0.148 e. The van der Waals surface area contributed by atoms with Crippen molar-refractivity contribution in [1.82, 2.24) is 14.5 Å². The molecule has 0 saturated heterocycles. The van der Waals surface area contributed by atoms with E-state index in [0.29, 0.717) is 72.7 Å². The Hall–Kier alpha value is -6.35. The summed E-state index contributed by atoms with van der Waals surface area (Å²) in [5.41, 5.74) is 7.29. The van der Waals surface area contributed by atoms with E-state index in [1.165, 1.54) is 24.3 Å². The van der Waals surface area contributed by atoms with Gasteiger partial charge in [0.15, 0.2) is 0 Å². The van der Waals surface area contributed by atoms with Gasteiger partial charge in [0.2, 0.25) is 0 Å². The Balaban J connectivity index is 0.00000693. The number of phenols is 1. The van der Waals surface area contributed by atoms with Crippen LogP contribution in [0.1, 0.15) is 59.3 Å². The molecule has 0 aliphatic rings. The Kier molecular flexibility index (Phi) is 7.68. The van der Waals surface area contributed by atoms with Crippen molar-refractivity contribution in [1.29, 1.82) is 0 Å². The van der Waals surface area contributed by atoms with Crippen LogP contribution in [0.2, 0.25) is 0 Å². The molecule has 9 aromatic rings. The molecule has 298 valence electrons. The predicted octanol–water partition coefficient (Wildman–Crippen LogP) is 14.1. The van der Waals surface area contributed by atoms with Crippen LogP contribution in [0.5, 0.6) is 5.75 Å². The van der Waals surface area contributed by atoms with Gasteiger partial charge < -0.3 is 5.11 Å². The average molecular weight is 972 g/mol. The Morgan fingerprint density at radius 1 is 0.600 bits per heavy atom. The first-order valence-corrected chi connectivity index (χ1v) is 19.2. The zero-order valence-corrected chi connectivity index (χ0v) is 35.0. The van der Waals surface area contributed by atoms with E-state index in [-0.39, 0.29) is 37.9 Å². The Morgan fingerprint density at radius 3 is 1.98 bits per heavy atom. The maximum Gasteiger partial charge on any atom is 0.148 e. The third-order valence-corrected chi connectivity index (χ3v) is 10.6. The first-order valence-electron chi connectivity index (χ1n) is 25.2. The van der Waals surface area contributed by atoms with Crippen LogP contribution in [0.3, 0.4) is 0 Å². The number of phenolic OH excluding ortho intramolecular Hbond substituents is 1. The van der Waals surface area contributed by atoms with Crippen LogP contribution >= 0.6 is 0 Å². The van der Waals surface area contributed by atoms with Gasteiger partial charge in [-0.2, -0.15) is 0 Å². The van der Waals surface area contributed by atoms with Gasteiger partial charge in [0.1, 0.15) is 11.6 Å². The van der Waals surface area contributed by atoms with Gasteiger partial charge in [-0.15, -0.1) is 23.8 Å². The summed E-state index contributed by atoms with van der Waals surface area (Å²) < 4.78 is 101. The summed E-state index contributed by atoms with van der Waals surface area (Å²) >= 11 is 0. The number of para-hydroxylation sites is 1. The maximum absolute atomic E-state index is 11.7. The molecular weight excluding hydrogens is 914 g/mol. The Labute approximate surface area is 384 Å². The summed E-state index contributed by atoms with van der Waals surface area (Å²) in [6.07, 6.45) is 1.61. The number of hydrogen-bond acceptors (Lipinski definition) is 3. The number of rotatable bonds is 7. The van der Waals surface area contributed by atoms with Crippen molar-refractivity contribution in [3.05, 3.63) is 192 Å². The van der Waals surface area contributed by atoms with Crippen LogP contribution in [0.4, 0.5) is 0 Å². The predicted molar refractivity (Wildman–Crippen MR) is 245 cm³/mol. The minimum Gasteiger partial charge on any atom is -0.507 e. The summed E-state index contributed by atoms with van der Waals surface area (Å²) in [6, 6.07) is 50.8. The fourth-order valence-electron chi connectivity index (χ4n) is 7.75. The molecule has 60 heavy (non-hydrogen) atoms. The monoisotopic (exact) mass is 971 g/mol. The number of pyridine rings is 1. The van der Waals surface area contributed by atoms with Gasteiger partial charge in [0, 0.05) is 55.1 Å². The molecule has 0 aliphatic carbocycles. The fourth-order valence-corrected chi connectivity index (χ4v) is 7.75. The topological polar surface area (TPSA) is 50.9 Å². The van der Waals surface area contributed by atoms with E-state index in [0.717, 1.165) is 22.3 Å². The van der Waals surface area contributed by atoms with Gasteiger partial charge in [-0.05, 0) is 107 Å². The number of nitrogens with zero attached hydrogens (tertiary/aromatic N) is 3. The molecule has 1 N–H and O–H groups in total. The van der Waals surface area contributed by atoms with Gasteiger partial charge >= 0.3 is 0 Å². The molecular formula is C55H46N3OPt-. The number of aromatic nitrogens is 3. The third-order valence-electron chi connectivity index (χ3n) is 10.6. The molecule has 0 atom stereocenters. The fraction of sp³-hybridized carbons (Fsp3) is 0.127. The molecule has 0 radical (unpaired) electrons. The van der Waals surface area contributed by atoms with Crippen molar-refractivity contribution >= 4 is 11.0 Å². The number of benzene rings is 7. The quantitative estimate of drug-likeness (QED) is 0.162. The van der Waals surface area contributed by atoms with E-state index >= 15 is 0 Å². The van der Waals surface area contributed by atoms with Crippen molar-refractivity contribution in [3.8, 4) is 78.6 Å². The second kappa shape index (κ2) is 16.4. The van der Waals surface area contributed by atoms with E-state index in [9.17, 15) is 5.11 Å². The van der Waals surface area contributed by atoms with Gasteiger partial charge in [-0.25, -0.2) is 4.98 Å². The first kappa shape index (κ1) is 28.2. The second-order valence-electron chi connectivity index (χ2n) is 14.9. The maximum atomic E-state index is 11.7. The number of aromatic hydroxyl groups is 1. The standard InChI is InChI=1S/C55H46N3O.Pt/c1-35-26-37(3)53(59)49(29-35)54-57-52-48(18-13-19-51(52)58(54)47-28-36(2)27-42(33-47)38-14-9-7-10-15-38)44-30-43(39-16-11-8-12-17-39)31-45(32-44)50-34-41(24-25-56-50)40-20-22-46(23-21-40)55(4,5)6;/h7-31,33-34,59H,1-6H3;/q-1;/i2D3,4D3,5D3,6D3;. The normalized spacial score (nSPS) is 15.2. The van der Waals surface area contributed by atoms with Crippen LogP contribution in [0.15, 0.2) is 164 Å². The van der Waals surface area contributed by atoms with Gasteiger partial charge in [0.05, 0.1) is 16.6 Å². The van der Waals surface area contributed by atoms with Crippen LogP contribution in [0, 0.1) is 26.8 Å². The first-order chi connectivity index (χ1) is 33.5. The SMILES string of the molecule is [2H]C([2H])([2H])c1cc(-c2ccccc2)cc(-n2c(-c3cc(C)cc(C)c3O)nc3c(-c4[c-]c(-c5cc(-c6ccc(C(C([2H])([2H])[2H])(C([2H])([2H])[2H])C([2H])([2H])[2H])cc6)ccn5)cc(-c5ccccc5)c4)cccc32)c1.[Pt]. The van der Waals surface area contributed by atoms with Gasteiger partial charge in [-0.3, -0.25) is 9.55 Å². The van der Waals surface area contributed by atoms with Crippen molar-refractivity contribution in [2.45, 2.75) is 46.7 Å². The van der Waals surface area contributed by atoms with Crippen LogP contribution in [-0.4, -0.2) is 19.6 Å². The van der Waals surface area contributed by atoms with Crippen LogP contribution in [0.25, 0.3) is 83.9 Å². The number of aryl methyl sites for hydroxylation is 3. The second-order valence-corrected chi connectivity index (χ2v) is 14.9. The third kappa shape index (κ3) is 7.88. The number of imidazole rings is 1. The summed E-state index contributed by atoms with van der Waals surface area (Å²) in [5.74, 6) is 0.433. The largest absolute Gasteiger partial charge is 0.507 e. The van der Waals surface area contributed by atoms with Crippen molar-refractivity contribution in [2.24, 2.45) is 0 Å². The van der Waals surface area contributed by atoms with Gasteiger partial charge in [-0.1, -0.05) is 153 Å². The molecule has 0 unspecified atom stereocenters. The van der Waals surface area contributed by atoms with Crippen molar-refractivity contribution in [3.63, 3.8) is 0 Å². The van der Waals surface area contributed by atoms with Gasteiger partial charge in [0.25, 0.3) is 0 Å². The Bertz CT molecular complexity index is 3420. The molecule has 0 fully saturated rings. The Morgan fingerprint density at radius 2 is 1.28 bits per heavy atom. The van der Waals surface area contributed by atoms with E-state index in [1.54, 1.807) is 24.4 Å². The summed E-state index contributed by atoms with van der Waals surface area (Å²) in [6.45, 7) is -8.88. The molecule has 2 aromatic heterocycles. The van der Waals surface area contributed by atoms with E-state index in [4.69, 9.17) is 26.4 Å². The zero-order chi connectivity index (χ0) is 50.8. The molecule has 9 rings (SSSR count). The molecule has 0 spiro atoms. The summed E-state index contributed by atoms with van der Waals surface area (Å²) in [7, 11) is 0. The molecule has 0 saturated carbocycles. The van der Waals surface area contributed by atoms with Crippen molar-refractivity contribution < 1.29 is 42.6 Å². The number of fused-ring (bicyclic) bond motifs is 1. The molecule has 5 heteroatoms. The molecule has 0 aliphatic heterocycles. The number of hydrogen-bond donors (Lipinski definition) is 1. The van der Waals surface area contributed by atoms with Crippen LogP contribution in [-0.2, 0) is 26.5 Å². The van der Waals surface area contributed by atoms with Crippen LogP contribution < -0.4 is 0 Å². The average Bonchev–Trinajstić information content (AvgIpc) is 3.71. The minimum absolute atomic E-state index is 0. The van der Waals surface area contributed by atoms with E-state index in [1.807, 2.05) is 134 Å². The summed E-state index contributed by atoms with van der Waals surface area (Å²) in [5, 5.41) is 11.7. The molecule has 4 nitrogen and oxygen atoms in total.